The molecule has 1 aliphatic heterocycles. The van der Waals surface area contributed by atoms with Crippen molar-refractivity contribution in [2.24, 2.45) is 0 Å². The summed E-state index contributed by atoms with van der Waals surface area (Å²) in [6.07, 6.45) is 2.21. The molecule has 1 amide bonds. The van der Waals surface area contributed by atoms with Gasteiger partial charge in [-0.25, -0.2) is 13.5 Å². The summed E-state index contributed by atoms with van der Waals surface area (Å²) >= 11 is 0. The molecule has 3 rings (SSSR count). The number of carbonyl (C=O) groups is 1. The number of morpholine rings is 1. The second-order valence-corrected chi connectivity index (χ2v) is 10.7. The number of aryl methyl sites for hydroxylation is 1. The summed E-state index contributed by atoms with van der Waals surface area (Å²) < 4.78 is 38.3. The van der Waals surface area contributed by atoms with Gasteiger partial charge in [-0.15, -0.1) is 6.58 Å². The molecule has 2 atom stereocenters. The van der Waals surface area contributed by atoms with Crippen molar-refractivity contribution < 1.29 is 27.9 Å². The fourth-order valence-corrected chi connectivity index (χ4v) is 4.88. The van der Waals surface area contributed by atoms with Crippen molar-refractivity contribution in [3.8, 4) is 11.5 Å². The van der Waals surface area contributed by atoms with Crippen molar-refractivity contribution in [2.45, 2.75) is 26.0 Å². The number of nitrogens with zero attached hydrogens (tertiary/aromatic N) is 3. The largest absolute Gasteiger partial charge is 0.493 e. The topological polar surface area (TPSA) is 99.6 Å². The lowest BCUT2D eigenvalue weighted by atomic mass is 10.1. The Balaban J connectivity index is 1.89. The summed E-state index contributed by atoms with van der Waals surface area (Å²) in [6, 6.07) is 13.1. The molecule has 0 bridgehead atoms. The van der Waals surface area contributed by atoms with Gasteiger partial charge in [0.2, 0.25) is 10.0 Å². The van der Waals surface area contributed by atoms with Gasteiger partial charge in [0.15, 0.2) is 0 Å². The molecule has 1 aliphatic rings. The molecule has 1 saturated heterocycles. The van der Waals surface area contributed by atoms with Crippen LogP contribution < -0.4 is 9.04 Å². The molecule has 10 heteroatoms. The molecule has 0 aromatic heterocycles. The first kappa shape index (κ1) is 27.3. The van der Waals surface area contributed by atoms with Gasteiger partial charge in [0.25, 0.3) is 5.91 Å². The Hall–Kier alpha value is -3.34. The predicted octanol–water partition coefficient (Wildman–Crippen LogP) is 3.56. The van der Waals surface area contributed by atoms with Crippen LogP contribution in [-0.2, 0) is 19.6 Å². The lowest BCUT2D eigenvalue weighted by molar-refractivity contribution is -0.170. The van der Waals surface area contributed by atoms with E-state index in [9.17, 15) is 18.4 Å². The minimum Gasteiger partial charge on any atom is -0.493 e. The van der Waals surface area contributed by atoms with Gasteiger partial charge >= 0.3 is 0 Å². The number of sulfonamides is 1. The summed E-state index contributed by atoms with van der Waals surface area (Å²) in [5.74, 6) is 1.01. The summed E-state index contributed by atoms with van der Waals surface area (Å²) in [5, 5.41) is 10.8. The van der Waals surface area contributed by atoms with Crippen LogP contribution in [-0.4, -0.2) is 74.1 Å². The Kier molecular flexibility index (Phi) is 8.78. The van der Waals surface area contributed by atoms with Crippen LogP contribution in [0.25, 0.3) is 0 Å². The van der Waals surface area contributed by atoms with Gasteiger partial charge in [-0.1, -0.05) is 30.4 Å². The summed E-state index contributed by atoms with van der Waals surface area (Å²) in [6.45, 7) is 11.5. The molecule has 9 nitrogen and oxygen atoms in total. The highest BCUT2D eigenvalue weighted by molar-refractivity contribution is 7.92. The molecule has 194 valence electrons. The van der Waals surface area contributed by atoms with Crippen LogP contribution in [0.15, 0.2) is 73.5 Å². The van der Waals surface area contributed by atoms with Crippen molar-refractivity contribution in [2.75, 3.05) is 36.7 Å². The Morgan fingerprint density at radius 3 is 2.33 bits per heavy atom. The maximum atomic E-state index is 13.2. The molecule has 1 N–H and O–H groups in total. The van der Waals surface area contributed by atoms with Gasteiger partial charge in [0, 0.05) is 6.54 Å². The Labute approximate surface area is 212 Å². The number of hydrogen-bond acceptors (Lipinski definition) is 7. The molecule has 0 aliphatic carbocycles. The molecule has 0 spiro atoms. The first-order valence-electron chi connectivity index (χ1n) is 11.5. The number of rotatable bonds is 10. The average molecular weight is 516 g/mol. The minimum absolute atomic E-state index is 0.0971. The maximum absolute atomic E-state index is 13.2. The lowest BCUT2D eigenvalue weighted by Gasteiger charge is -2.40. The van der Waals surface area contributed by atoms with Crippen molar-refractivity contribution in [1.82, 2.24) is 9.96 Å². The maximum Gasteiger partial charge on any atom is 0.265 e. The van der Waals surface area contributed by atoms with Crippen LogP contribution in [0.5, 0.6) is 11.5 Å². The number of benzene rings is 2. The van der Waals surface area contributed by atoms with Crippen LogP contribution in [0, 0.1) is 6.92 Å². The van der Waals surface area contributed by atoms with Crippen molar-refractivity contribution in [3.05, 3.63) is 79.1 Å². The minimum atomic E-state index is -3.79. The smallest absolute Gasteiger partial charge is 0.265 e. The third kappa shape index (κ3) is 7.09. The monoisotopic (exact) mass is 515 g/mol. The molecule has 2 aromatic carbocycles. The number of hydroxylamine groups is 2. The van der Waals surface area contributed by atoms with Gasteiger partial charge in [-0.3, -0.25) is 19.2 Å². The molecule has 0 saturated carbocycles. The summed E-state index contributed by atoms with van der Waals surface area (Å²) in [4.78, 5) is 15.0. The van der Waals surface area contributed by atoms with Crippen LogP contribution in [0.3, 0.4) is 0 Å². The highest BCUT2D eigenvalue weighted by atomic mass is 32.2. The highest BCUT2D eigenvalue weighted by Crippen LogP contribution is 2.27. The number of hydrogen-bond donors (Lipinski definition) is 1. The molecule has 0 unspecified atom stereocenters. The Morgan fingerprint density at radius 1 is 1.22 bits per heavy atom. The van der Waals surface area contributed by atoms with Gasteiger partial charge in [-0.05, 0) is 50.2 Å². The van der Waals surface area contributed by atoms with Crippen molar-refractivity contribution in [1.29, 1.82) is 0 Å². The summed E-state index contributed by atoms with van der Waals surface area (Å²) in [7, 11) is -3.79. The number of amides is 1. The van der Waals surface area contributed by atoms with Gasteiger partial charge in [0.1, 0.15) is 29.4 Å². The normalized spacial score (nSPS) is 17.1. The van der Waals surface area contributed by atoms with Gasteiger partial charge in [-0.2, -0.15) is 0 Å². The van der Waals surface area contributed by atoms with E-state index in [1.165, 1.54) is 6.08 Å². The number of anilines is 1. The third-order valence-corrected chi connectivity index (χ3v) is 6.80. The van der Waals surface area contributed by atoms with E-state index < -0.39 is 22.0 Å². The molecule has 1 fully saturated rings. The van der Waals surface area contributed by atoms with Gasteiger partial charge < -0.3 is 9.47 Å². The van der Waals surface area contributed by atoms with E-state index in [0.717, 1.165) is 16.1 Å². The van der Waals surface area contributed by atoms with E-state index >= 15 is 0 Å². The van der Waals surface area contributed by atoms with E-state index in [0.29, 0.717) is 34.6 Å². The second-order valence-electron chi connectivity index (χ2n) is 8.82. The van der Waals surface area contributed by atoms with Crippen molar-refractivity contribution in [3.63, 3.8) is 0 Å². The zero-order valence-corrected chi connectivity index (χ0v) is 21.6. The van der Waals surface area contributed by atoms with Crippen molar-refractivity contribution >= 4 is 21.6 Å². The van der Waals surface area contributed by atoms with E-state index in [-0.39, 0.29) is 25.7 Å². The van der Waals surface area contributed by atoms with E-state index in [4.69, 9.17) is 9.47 Å². The number of ether oxygens (including phenoxy) is 2. The summed E-state index contributed by atoms with van der Waals surface area (Å²) in [5.41, 5.74) is 1.47. The molecular weight excluding hydrogens is 482 g/mol. The quantitative estimate of drug-likeness (QED) is 0.293. The Morgan fingerprint density at radius 2 is 1.81 bits per heavy atom. The van der Waals surface area contributed by atoms with Crippen LogP contribution >= 0.6 is 0 Å². The third-order valence-electron chi connectivity index (χ3n) is 5.64. The molecule has 36 heavy (non-hydrogen) atoms. The fourth-order valence-electron chi connectivity index (χ4n) is 3.96. The average Bonchev–Trinajstić information content (AvgIpc) is 2.80. The number of carbonyl (C=O) groups excluding carboxylic acids is 1. The van der Waals surface area contributed by atoms with E-state index in [1.54, 1.807) is 29.2 Å². The molecule has 0 radical (unpaired) electrons. The lowest BCUT2D eigenvalue weighted by Crippen LogP contribution is -2.57. The molecule has 1 heterocycles. The predicted molar refractivity (Wildman–Crippen MR) is 139 cm³/mol. The van der Waals surface area contributed by atoms with Crippen LogP contribution in [0.1, 0.15) is 12.5 Å². The Bertz CT molecular complexity index is 1180. The van der Waals surface area contributed by atoms with Crippen LogP contribution in [0.4, 0.5) is 5.69 Å². The second kappa shape index (κ2) is 11.6. The molecule has 2 aromatic rings. The van der Waals surface area contributed by atoms with E-state index in [2.05, 4.69) is 13.2 Å². The standard InChI is InChI=1S/C26H33N3O6S/c1-6-15-28(31)26(30)25(27-16-20(3)34-21(4)17-27)18-29(36(5,32)33)22-9-13-24(14-10-22)35-23-11-7-19(2)8-12-23/h6-14,21,25,31H,1,3,15-18H2,2,4-5H3/t21-,25+/m1/s1. The SMILES string of the molecule is C=CCN(O)C(=O)[C@H](CN(c1ccc(Oc2ccc(C)cc2)cc1)S(C)(=O)=O)N1CC(=C)O[C@H](C)C1. The zero-order valence-electron chi connectivity index (χ0n) is 20.8. The highest BCUT2D eigenvalue weighted by Gasteiger charge is 2.36. The van der Waals surface area contributed by atoms with E-state index in [1.807, 2.05) is 38.1 Å². The molecular formula is C26H33N3O6S. The zero-order chi connectivity index (χ0) is 26.5. The van der Waals surface area contributed by atoms with Gasteiger partial charge in [0.05, 0.1) is 31.6 Å². The fraction of sp³-hybridized carbons (Fsp3) is 0.346. The first-order chi connectivity index (χ1) is 17.0. The van der Waals surface area contributed by atoms with Crippen LogP contribution in [0.2, 0.25) is 0 Å². The first-order valence-corrected chi connectivity index (χ1v) is 13.3.